The van der Waals surface area contributed by atoms with E-state index in [1.807, 2.05) is 18.2 Å². The summed E-state index contributed by atoms with van der Waals surface area (Å²) < 4.78 is 5.14. The van der Waals surface area contributed by atoms with Gasteiger partial charge in [0.2, 0.25) is 0 Å². The first kappa shape index (κ1) is 13.1. The molecule has 3 rings (SSSR count). The topological polar surface area (TPSA) is 73.5 Å². The molecule has 2 N–H and O–H groups in total. The van der Waals surface area contributed by atoms with Crippen molar-refractivity contribution in [1.82, 2.24) is 5.32 Å². The molecule has 0 atom stereocenters. The van der Waals surface area contributed by atoms with E-state index >= 15 is 0 Å². The Morgan fingerprint density at radius 3 is 2.86 bits per heavy atom. The van der Waals surface area contributed by atoms with Gasteiger partial charge in [-0.2, -0.15) is 0 Å². The van der Waals surface area contributed by atoms with Gasteiger partial charge in [-0.15, -0.1) is 0 Å². The van der Waals surface area contributed by atoms with Gasteiger partial charge in [0, 0.05) is 23.6 Å². The number of fused-ring (bicyclic) bond motifs is 1. The second-order valence-electron chi connectivity index (χ2n) is 4.58. The minimum Gasteiger partial charge on any atom is -0.422 e. The van der Waals surface area contributed by atoms with Crippen LogP contribution in [0.1, 0.15) is 15.9 Å². The Balaban J connectivity index is 1.84. The van der Waals surface area contributed by atoms with Gasteiger partial charge in [0.25, 0.3) is 5.91 Å². The lowest BCUT2D eigenvalue weighted by atomic mass is 10.2. The van der Waals surface area contributed by atoms with Crippen LogP contribution in [0.4, 0.5) is 0 Å². The van der Waals surface area contributed by atoms with E-state index in [2.05, 4.69) is 10.3 Å². The predicted octanol–water partition coefficient (Wildman–Crippen LogP) is 1.54. The smallest absolute Gasteiger partial charge is 0.349 e. The summed E-state index contributed by atoms with van der Waals surface area (Å²) in [6.07, 6.45) is 3.56. The van der Waals surface area contributed by atoms with Gasteiger partial charge in [-0.1, -0.05) is 18.2 Å². The zero-order valence-corrected chi connectivity index (χ0v) is 11.1. The molecule has 2 heterocycles. The lowest BCUT2D eigenvalue weighted by Crippen LogP contribution is -2.28. The largest absolute Gasteiger partial charge is 0.422 e. The van der Waals surface area contributed by atoms with Gasteiger partial charge in [-0.05, 0) is 18.2 Å². The highest BCUT2D eigenvalue weighted by Gasteiger charge is 2.13. The number of nitrogens with one attached hydrogen (secondary N) is 2. The van der Waals surface area contributed by atoms with Gasteiger partial charge in [0.1, 0.15) is 11.1 Å². The maximum Gasteiger partial charge on any atom is 0.349 e. The highest BCUT2D eigenvalue weighted by atomic mass is 16.4. The fraction of sp³-hybridized carbons (Fsp3) is 0.0625. The van der Waals surface area contributed by atoms with Crippen molar-refractivity contribution in [3.63, 3.8) is 0 Å². The number of carbonyl (C=O) groups excluding carboxylic acids is 1. The Morgan fingerprint density at radius 1 is 1.19 bits per heavy atom. The maximum absolute atomic E-state index is 12.1. The van der Waals surface area contributed by atoms with Crippen molar-refractivity contribution in [1.29, 1.82) is 0 Å². The Morgan fingerprint density at radius 2 is 2.05 bits per heavy atom. The third kappa shape index (κ3) is 2.81. The summed E-state index contributed by atoms with van der Waals surface area (Å²) in [5, 5.41) is 3.42. The van der Waals surface area contributed by atoms with Crippen LogP contribution >= 0.6 is 0 Å². The fourth-order valence-corrected chi connectivity index (χ4v) is 2.04. The zero-order valence-electron chi connectivity index (χ0n) is 11.1. The molecular formula is C16H13N2O3+. The monoisotopic (exact) mass is 281 g/mol. The molecule has 2 aromatic heterocycles. The number of hydrogen-bond acceptors (Lipinski definition) is 3. The molecule has 1 amide bonds. The fourth-order valence-electron chi connectivity index (χ4n) is 2.04. The quantitative estimate of drug-likeness (QED) is 0.740. The van der Waals surface area contributed by atoms with E-state index in [1.54, 1.807) is 36.7 Å². The van der Waals surface area contributed by atoms with Crippen LogP contribution in [-0.2, 0) is 6.54 Å². The summed E-state index contributed by atoms with van der Waals surface area (Å²) in [5.74, 6) is -0.446. The molecule has 0 spiro atoms. The van der Waals surface area contributed by atoms with E-state index in [9.17, 15) is 9.59 Å². The highest BCUT2D eigenvalue weighted by molar-refractivity contribution is 5.96. The zero-order chi connectivity index (χ0) is 14.7. The maximum atomic E-state index is 12.1. The van der Waals surface area contributed by atoms with Gasteiger partial charge in [-0.25, -0.2) is 9.78 Å². The van der Waals surface area contributed by atoms with E-state index in [-0.39, 0.29) is 5.56 Å². The molecule has 104 valence electrons. The van der Waals surface area contributed by atoms with Crippen LogP contribution in [0.25, 0.3) is 11.0 Å². The molecule has 0 unspecified atom stereocenters. The molecule has 0 aliphatic carbocycles. The van der Waals surface area contributed by atoms with E-state index in [0.717, 1.165) is 10.9 Å². The van der Waals surface area contributed by atoms with Crippen molar-refractivity contribution in [3.8, 4) is 0 Å². The number of aromatic amines is 1. The molecule has 5 nitrogen and oxygen atoms in total. The molecule has 5 heteroatoms. The first-order valence-corrected chi connectivity index (χ1v) is 6.50. The minimum absolute atomic E-state index is 0.00797. The normalized spacial score (nSPS) is 10.5. The van der Waals surface area contributed by atoms with Crippen LogP contribution in [0.3, 0.4) is 0 Å². The Kier molecular flexibility index (Phi) is 3.47. The van der Waals surface area contributed by atoms with Crippen LogP contribution in [0.15, 0.2) is 64.1 Å². The minimum atomic E-state index is -0.633. The van der Waals surface area contributed by atoms with Crippen LogP contribution < -0.4 is 15.9 Å². The molecular weight excluding hydrogens is 268 g/mol. The van der Waals surface area contributed by atoms with Crippen LogP contribution in [0.5, 0.6) is 0 Å². The van der Waals surface area contributed by atoms with Gasteiger partial charge >= 0.3 is 5.63 Å². The van der Waals surface area contributed by atoms with Crippen LogP contribution in [0.2, 0.25) is 0 Å². The molecule has 3 aromatic rings. The number of aromatic nitrogens is 1. The molecule has 0 aliphatic rings. The molecule has 21 heavy (non-hydrogen) atoms. The summed E-state index contributed by atoms with van der Waals surface area (Å²) in [7, 11) is 0. The van der Waals surface area contributed by atoms with Crippen molar-refractivity contribution in [2.75, 3.05) is 0 Å². The van der Waals surface area contributed by atoms with Gasteiger partial charge < -0.3 is 9.73 Å². The summed E-state index contributed by atoms with van der Waals surface area (Å²) in [4.78, 5) is 26.9. The first-order chi connectivity index (χ1) is 10.2. The van der Waals surface area contributed by atoms with Crippen molar-refractivity contribution in [2.45, 2.75) is 6.54 Å². The average Bonchev–Trinajstić information content (AvgIpc) is 2.53. The number of carbonyl (C=O) groups is 1. The lowest BCUT2D eigenvalue weighted by molar-refractivity contribution is -0.378. The summed E-state index contributed by atoms with van der Waals surface area (Å²) in [6.45, 7) is 0.336. The highest BCUT2D eigenvalue weighted by Crippen LogP contribution is 2.12. The van der Waals surface area contributed by atoms with Gasteiger partial charge in [0.15, 0.2) is 12.4 Å². The molecule has 0 saturated heterocycles. The number of rotatable bonds is 3. The molecule has 0 bridgehead atoms. The second-order valence-corrected chi connectivity index (χ2v) is 4.58. The lowest BCUT2D eigenvalue weighted by Gasteiger charge is -2.04. The summed E-state index contributed by atoms with van der Waals surface area (Å²) in [6, 6.07) is 12.3. The third-order valence-corrected chi connectivity index (χ3v) is 3.11. The molecule has 0 fully saturated rings. The number of H-pyrrole nitrogens is 1. The predicted molar refractivity (Wildman–Crippen MR) is 76.7 cm³/mol. The van der Waals surface area contributed by atoms with E-state index < -0.39 is 11.5 Å². The molecule has 0 aliphatic heterocycles. The van der Waals surface area contributed by atoms with Crippen LogP contribution in [0, 0.1) is 0 Å². The SMILES string of the molecule is O=C(NCc1ccc[nH+]c1)c1cc2ccccc2oc1=O. The van der Waals surface area contributed by atoms with Crippen molar-refractivity contribution in [3.05, 3.63) is 76.4 Å². The second kappa shape index (κ2) is 5.58. The van der Waals surface area contributed by atoms with E-state index in [0.29, 0.717) is 12.1 Å². The average molecular weight is 281 g/mol. The van der Waals surface area contributed by atoms with Crippen molar-refractivity contribution in [2.24, 2.45) is 0 Å². The standard InChI is InChI=1S/C16H12N2O3/c19-15(18-10-11-4-3-7-17-9-11)13-8-12-5-1-2-6-14(12)21-16(13)20/h1-9H,10H2,(H,18,19)/p+1. The molecule has 1 aromatic carbocycles. The molecule has 0 saturated carbocycles. The summed E-state index contributed by atoms with van der Waals surface area (Å²) in [5.41, 5.74) is 0.757. The number of para-hydroxylation sites is 1. The Hall–Kier alpha value is -2.95. The Labute approximate surface area is 120 Å². The molecule has 0 radical (unpaired) electrons. The number of hydrogen-bond donors (Lipinski definition) is 1. The summed E-state index contributed by atoms with van der Waals surface area (Å²) >= 11 is 0. The van der Waals surface area contributed by atoms with Gasteiger partial charge in [0.05, 0.1) is 0 Å². The van der Waals surface area contributed by atoms with E-state index in [1.165, 1.54) is 0 Å². The Bertz CT molecular complexity index is 841. The van der Waals surface area contributed by atoms with Crippen LogP contribution in [-0.4, -0.2) is 5.91 Å². The number of pyridine rings is 1. The van der Waals surface area contributed by atoms with E-state index in [4.69, 9.17) is 4.42 Å². The number of amides is 1. The van der Waals surface area contributed by atoms with Crippen molar-refractivity contribution >= 4 is 16.9 Å². The van der Waals surface area contributed by atoms with Gasteiger partial charge in [-0.3, -0.25) is 4.79 Å². The number of benzene rings is 1. The first-order valence-electron chi connectivity index (χ1n) is 6.50. The van der Waals surface area contributed by atoms with Crippen molar-refractivity contribution < 1.29 is 14.2 Å². The third-order valence-electron chi connectivity index (χ3n) is 3.11.